The Labute approximate surface area is 361 Å². The molecule has 10 aromatic rings. The van der Waals surface area contributed by atoms with Gasteiger partial charge in [0.1, 0.15) is 0 Å². The van der Waals surface area contributed by atoms with Gasteiger partial charge < -0.3 is 5.32 Å². The number of fused-ring (bicyclic) bond motifs is 3. The lowest BCUT2D eigenvalue weighted by Gasteiger charge is -2.29. The van der Waals surface area contributed by atoms with Gasteiger partial charge in [-0.05, 0) is 91.2 Å². The van der Waals surface area contributed by atoms with E-state index in [-0.39, 0.29) is 6.04 Å². The minimum Gasteiger partial charge on any atom is -0.374 e. The number of nitrogens with one attached hydrogen (secondary N) is 1. The average molecular weight is 793 g/mol. The van der Waals surface area contributed by atoms with Crippen molar-refractivity contribution in [2.45, 2.75) is 6.04 Å². The highest BCUT2D eigenvalue weighted by molar-refractivity contribution is 6.10. The Morgan fingerprint density at radius 1 is 0.323 bits per heavy atom. The first-order chi connectivity index (χ1) is 30.7. The number of hydrogen-bond donors (Lipinski definition) is 1. The van der Waals surface area contributed by atoms with E-state index in [0.717, 1.165) is 55.8 Å². The third kappa shape index (κ3) is 7.14. The Morgan fingerprint density at radius 3 is 1.26 bits per heavy atom. The first-order valence-corrected chi connectivity index (χ1v) is 21.1. The van der Waals surface area contributed by atoms with Crippen LogP contribution in [0.15, 0.2) is 231 Å². The topological polar surface area (TPSA) is 50.7 Å². The zero-order valence-corrected chi connectivity index (χ0v) is 33.9. The summed E-state index contributed by atoms with van der Waals surface area (Å²) in [6.45, 7) is 0. The van der Waals surface area contributed by atoms with Crippen molar-refractivity contribution in [1.29, 1.82) is 0 Å². The van der Waals surface area contributed by atoms with Crippen LogP contribution >= 0.6 is 0 Å². The highest BCUT2D eigenvalue weighted by Crippen LogP contribution is 2.46. The van der Waals surface area contributed by atoms with Crippen molar-refractivity contribution in [3.8, 4) is 67.5 Å². The van der Waals surface area contributed by atoms with Crippen LogP contribution in [-0.2, 0) is 0 Å². The summed E-state index contributed by atoms with van der Waals surface area (Å²) in [5.74, 6) is 1.85. The first kappa shape index (κ1) is 36.8. The quantitative estimate of drug-likeness (QED) is 0.166. The third-order valence-corrected chi connectivity index (χ3v) is 11.7. The molecule has 1 unspecified atom stereocenters. The van der Waals surface area contributed by atoms with E-state index in [1.165, 1.54) is 33.0 Å². The molecule has 9 aromatic carbocycles. The lowest BCUT2D eigenvalue weighted by atomic mass is 9.84. The van der Waals surface area contributed by atoms with Crippen LogP contribution in [0.4, 0.5) is 5.69 Å². The van der Waals surface area contributed by atoms with E-state index in [1.807, 2.05) is 12.1 Å². The van der Waals surface area contributed by atoms with E-state index < -0.39 is 0 Å². The van der Waals surface area contributed by atoms with Crippen molar-refractivity contribution in [1.82, 2.24) is 15.0 Å². The first-order valence-electron chi connectivity index (χ1n) is 21.1. The molecule has 4 heteroatoms. The molecule has 0 saturated heterocycles. The maximum Gasteiger partial charge on any atom is 0.164 e. The Balaban J connectivity index is 1.07. The van der Waals surface area contributed by atoms with Crippen LogP contribution in [0.5, 0.6) is 0 Å². The molecule has 0 fully saturated rings. The van der Waals surface area contributed by atoms with Gasteiger partial charge in [-0.3, -0.25) is 0 Å². The fourth-order valence-corrected chi connectivity index (χ4v) is 8.70. The van der Waals surface area contributed by atoms with Gasteiger partial charge in [-0.1, -0.05) is 200 Å². The van der Waals surface area contributed by atoms with E-state index in [1.54, 1.807) is 0 Å². The number of anilines is 1. The molecule has 11 rings (SSSR count). The standard InChI is InChI=1S/C58H40N4/c1-5-18-39(19-6-1)43-26-15-29-46(34-43)56-60-57(47-30-16-27-44(35-47)40-20-7-2-8-21-40)62-58(61-56)48-31-17-28-45(36-48)51-37-54-55(50-33-14-13-32-49(50)51)52(41-22-9-3-10-23-41)38-53(59-54)42-24-11-4-12-25-42/h1-38,53,59H. The minimum atomic E-state index is 0.00194. The summed E-state index contributed by atoms with van der Waals surface area (Å²) in [7, 11) is 0. The largest absolute Gasteiger partial charge is 0.374 e. The van der Waals surface area contributed by atoms with Crippen molar-refractivity contribution in [3.63, 3.8) is 0 Å². The van der Waals surface area contributed by atoms with E-state index in [4.69, 9.17) is 15.0 Å². The molecule has 1 aromatic heterocycles. The molecule has 0 radical (unpaired) electrons. The summed E-state index contributed by atoms with van der Waals surface area (Å²) in [4.78, 5) is 15.6. The van der Waals surface area contributed by atoms with Crippen LogP contribution in [0.3, 0.4) is 0 Å². The maximum absolute atomic E-state index is 5.23. The summed E-state index contributed by atoms with van der Waals surface area (Å²) in [6.07, 6.45) is 2.38. The van der Waals surface area contributed by atoms with Gasteiger partial charge >= 0.3 is 0 Å². The summed E-state index contributed by atoms with van der Waals surface area (Å²) < 4.78 is 0. The zero-order valence-electron chi connectivity index (χ0n) is 33.9. The Bertz CT molecular complexity index is 3150. The molecule has 1 aliphatic rings. The molecule has 292 valence electrons. The highest BCUT2D eigenvalue weighted by Gasteiger charge is 2.25. The molecule has 62 heavy (non-hydrogen) atoms. The molecule has 1 aliphatic heterocycles. The van der Waals surface area contributed by atoms with Gasteiger partial charge in [0.15, 0.2) is 17.5 Å². The second-order valence-corrected chi connectivity index (χ2v) is 15.7. The van der Waals surface area contributed by atoms with E-state index >= 15 is 0 Å². The summed E-state index contributed by atoms with van der Waals surface area (Å²) in [5.41, 5.74) is 15.4. The predicted octanol–water partition coefficient (Wildman–Crippen LogP) is 14.6. The normalized spacial score (nSPS) is 13.2. The average Bonchev–Trinajstić information content (AvgIpc) is 3.37. The molecule has 1 N–H and O–H groups in total. The fraction of sp³-hybridized carbons (Fsp3) is 0.0172. The molecule has 0 bridgehead atoms. The van der Waals surface area contributed by atoms with Crippen LogP contribution in [-0.4, -0.2) is 15.0 Å². The summed E-state index contributed by atoms with van der Waals surface area (Å²) in [5, 5.41) is 6.31. The van der Waals surface area contributed by atoms with Gasteiger partial charge in [0.25, 0.3) is 0 Å². The minimum absolute atomic E-state index is 0.00194. The Kier molecular flexibility index (Phi) is 9.56. The number of hydrogen-bond acceptors (Lipinski definition) is 4. The predicted molar refractivity (Wildman–Crippen MR) is 256 cm³/mol. The Hall–Kier alpha value is -8.21. The van der Waals surface area contributed by atoms with Crippen molar-refractivity contribution in [2.75, 3.05) is 5.32 Å². The van der Waals surface area contributed by atoms with Crippen LogP contribution in [0, 0.1) is 0 Å². The number of rotatable bonds is 8. The molecule has 1 atom stereocenters. The van der Waals surface area contributed by atoms with Crippen LogP contribution in [0.25, 0.3) is 83.9 Å². The van der Waals surface area contributed by atoms with Gasteiger partial charge in [-0.2, -0.15) is 0 Å². The molecule has 0 aliphatic carbocycles. The molecule has 0 spiro atoms. The highest BCUT2D eigenvalue weighted by atomic mass is 15.0. The van der Waals surface area contributed by atoms with Crippen LogP contribution in [0.2, 0.25) is 0 Å². The van der Waals surface area contributed by atoms with Crippen LogP contribution in [0.1, 0.15) is 22.7 Å². The van der Waals surface area contributed by atoms with Gasteiger partial charge in [0.05, 0.1) is 6.04 Å². The van der Waals surface area contributed by atoms with Crippen molar-refractivity contribution in [3.05, 3.63) is 247 Å². The second kappa shape index (κ2) is 16.1. The lowest BCUT2D eigenvalue weighted by Crippen LogP contribution is -2.15. The molecule has 2 heterocycles. The summed E-state index contributed by atoms with van der Waals surface area (Å²) in [6, 6.07) is 78.9. The molecular formula is C58H40N4. The number of aromatic nitrogens is 3. The van der Waals surface area contributed by atoms with E-state index in [2.05, 4.69) is 224 Å². The SMILES string of the molecule is C1=C(c2ccccc2)c2c(cc(-c3cccc(-c4nc(-c5cccc(-c6ccccc6)c5)nc(-c5cccc(-c6ccccc6)c5)n4)c3)c3ccccc23)NC1c1ccccc1. The molecule has 0 amide bonds. The number of benzene rings is 9. The van der Waals surface area contributed by atoms with Crippen molar-refractivity contribution in [2.24, 2.45) is 0 Å². The molecular weight excluding hydrogens is 753 g/mol. The van der Waals surface area contributed by atoms with Crippen LogP contribution < -0.4 is 5.32 Å². The van der Waals surface area contributed by atoms with Gasteiger partial charge in [0.2, 0.25) is 0 Å². The smallest absolute Gasteiger partial charge is 0.164 e. The zero-order chi connectivity index (χ0) is 41.2. The lowest BCUT2D eigenvalue weighted by molar-refractivity contribution is 0.975. The van der Waals surface area contributed by atoms with E-state index in [0.29, 0.717) is 17.5 Å². The Morgan fingerprint density at radius 2 is 0.726 bits per heavy atom. The maximum atomic E-state index is 5.23. The van der Waals surface area contributed by atoms with Gasteiger partial charge in [-0.25, -0.2) is 15.0 Å². The van der Waals surface area contributed by atoms with Gasteiger partial charge in [0, 0.05) is 27.9 Å². The van der Waals surface area contributed by atoms with Crippen molar-refractivity contribution >= 4 is 22.0 Å². The third-order valence-electron chi connectivity index (χ3n) is 11.7. The van der Waals surface area contributed by atoms with Crippen molar-refractivity contribution < 1.29 is 0 Å². The van der Waals surface area contributed by atoms with E-state index in [9.17, 15) is 0 Å². The summed E-state index contributed by atoms with van der Waals surface area (Å²) >= 11 is 0. The molecule has 0 saturated carbocycles. The number of nitrogens with zero attached hydrogens (tertiary/aromatic N) is 3. The molecule has 4 nitrogen and oxygen atoms in total. The fourth-order valence-electron chi connectivity index (χ4n) is 8.70. The second-order valence-electron chi connectivity index (χ2n) is 15.7. The monoisotopic (exact) mass is 792 g/mol. The van der Waals surface area contributed by atoms with Gasteiger partial charge in [-0.15, -0.1) is 0 Å².